The summed E-state index contributed by atoms with van der Waals surface area (Å²) in [4.78, 5) is 0. The highest BCUT2D eigenvalue weighted by atomic mass is 35.5. The summed E-state index contributed by atoms with van der Waals surface area (Å²) in [5.74, 6) is 0. The van der Waals surface area contributed by atoms with Gasteiger partial charge in [-0.15, -0.1) is 11.6 Å². The molecular formula is C6H11ClS. The third-order valence-electron chi connectivity index (χ3n) is 1.67. The maximum absolute atomic E-state index is 5.96. The van der Waals surface area contributed by atoms with Gasteiger partial charge in [0.25, 0.3) is 0 Å². The first kappa shape index (κ1) is 6.76. The van der Waals surface area contributed by atoms with Crippen molar-refractivity contribution in [2.45, 2.75) is 29.9 Å². The molecule has 1 rings (SSSR count). The fraction of sp³-hybridized carbons (Fsp3) is 1.00. The minimum Gasteiger partial charge on any atom is -0.160 e. The first-order valence-corrected chi connectivity index (χ1v) is 4.74. The Hall–Kier alpha value is 0.640. The van der Waals surface area contributed by atoms with Gasteiger partial charge in [-0.1, -0.05) is 6.42 Å². The van der Waals surface area contributed by atoms with Crippen molar-refractivity contribution in [3.8, 4) is 0 Å². The molecule has 8 heavy (non-hydrogen) atoms. The molecule has 2 heteroatoms. The molecule has 1 aliphatic carbocycles. The van der Waals surface area contributed by atoms with Crippen LogP contribution in [0.15, 0.2) is 0 Å². The van der Waals surface area contributed by atoms with Crippen molar-refractivity contribution in [3.05, 3.63) is 0 Å². The van der Waals surface area contributed by atoms with Crippen molar-refractivity contribution in [1.82, 2.24) is 0 Å². The van der Waals surface area contributed by atoms with Gasteiger partial charge < -0.3 is 0 Å². The summed E-state index contributed by atoms with van der Waals surface area (Å²) in [7, 11) is 0. The number of rotatable bonds is 1. The Morgan fingerprint density at radius 3 is 2.50 bits per heavy atom. The second kappa shape index (κ2) is 2.98. The van der Waals surface area contributed by atoms with E-state index in [0.717, 1.165) is 5.25 Å². The smallest absolute Gasteiger partial charge is 0.0454 e. The number of halogens is 1. The van der Waals surface area contributed by atoms with E-state index >= 15 is 0 Å². The van der Waals surface area contributed by atoms with Crippen LogP contribution in [0.2, 0.25) is 0 Å². The lowest BCUT2D eigenvalue weighted by Crippen LogP contribution is -2.07. The Balaban J connectivity index is 2.30. The monoisotopic (exact) mass is 150 g/mol. The molecule has 0 spiro atoms. The van der Waals surface area contributed by atoms with Crippen molar-refractivity contribution in [3.63, 3.8) is 0 Å². The summed E-state index contributed by atoms with van der Waals surface area (Å²) in [6, 6.07) is 0. The van der Waals surface area contributed by atoms with Gasteiger partial charge in [-0.05, 0) is 19.1 Å². The molecule has 1 saturated carbocycles. The van der Waals surface area contributed by atoms with Gasteiger partial charge in [0, 0.05) is 10.6 Å². The van der Waals surface area contributed by atoms with Gasteiger partial charge in [0.1, 0.15) is 0 Å². The van der Waals surface area contributed by atoms with E-state index in [1.54, 1.807) is 0 Å². The van der Waals surface area contributed by atoms with Crippen molar-refractivity contribution >= 4 is 23.4 Å². The van der Waals surface area contributed by atoms with Gasteiger partial charge in [0.05, 0.1) is 0 Å². The van der Waals surface area contributed by atoms with Gasteiger partial charge in [0.2, 0.25) is 0 Å². The molecule has 0 bridgehead atoms. The minimum absolute atomic E-state index is 0.463. The topological polar surface area (TPSA) is 0 Å². The lowest BCUT2D eigenvalue weighted by atomic mass is 10.4. The lowest BCUT2D eigenvalue weighted by Gasteiger charge is -2.07. The van der Waals surface area contributed by atoms with Gasteiger partial charge in [-0.3, -0.25) is 0 Å². The largest absolute Gasteiger partial charge is 0.160 e. The third-order valence-corrected chi connectivity index (χ3v) is 3.52. The molecule has 0 aromatic carbocycles. The van der Waals surface area contributed by atoms with Gasteiger partial charge in [-0.25, -0.2) is 0 Å². The quantitative estimate of drug-likeness (QED) is 0.518. The summed E-state index contributed by atoms with van der Waals surface area (Å²) in [5.41, 5.74) is 0. The molecule has 1 aliphatic rings. The molecule has 2 atom stereocenters. The zero-order valence-electron chi connectivity index (χ0n) is 5.06. The van der Waals surface area contributed by atoms with Crippen LogP contribution in [0.5, 0.6) is 0 Å². The molecule has 0 amide bonds. The Labute approximate surface area is 60.0 Å². The normalized spacial score (nSPS) is 38.2. The van der Waals surface area contributed by atoms with E-state index in [1.165, 1.54) is 19.3 Å². The van der Waals surface area contributed by atoms with Crippen LogP contribution in [0.4, 0.5) is 0 Å². The van der Waals surface area contributed by atoms with Crippen molar-refractivity contribution < 1.29 is 0 Å². The van der Waals surface area contributed by atoms with Gasteiger partial charge >= 0.3 is 0 Å². The van der Waals surface area contributed by atoms with Crippen LogP contribution < -0.4 is 0 Å². The summed E-state index contributed by atoms with van der Waals surface area (Å²) >= 11 is 7.87. The fourth-order valence-electron chi connectivity index (χ4n) is 1.15. The van der Waals surface area contributed by atoms with E-state index in [1.807, 2.05) is 11.8 Å². The standard InChI is InChI=1S/C6H11ClS/c1-8-6-4-2-3-5(6)7/h5-6H,2-4H2,1H3/t5-,6+/m0/s1. The van der Waals surface area contributed by atoms with E-state index in [-0.39, 0.29) is 0 Å². The zero-order valence-corrected chi connectivity index (χ0v) is 6.63. The Kier molecular flexibility index (Phi) is 2.51. The molecule has 0 saturated heterocycles. The summed E-state index contributed by atoms with van der Waals surface area (Å²) in [6.45, 7) is 0. The van der Waals surface area contributed by atoms with Gasteiger partial charge in [0.15, 0.2) is 0 Å². The average molecular weight is 151 g/mol. The molecule has 0 unspecified atom stereocenters. The summed E-state index contributed by atoms with van der Waals surface area (Å²) < 4.78 is 0. The third kappa shape index (κ3) is 1.32. The Morgan fingerprint density at radius 1 is 1.50 bits per heavy atom. The van der Waals surface area contributed by atoms with Crippen molar-refractivity contribution in [2.24, 2.45) is 0 Å². The van der Waals surface area contributed by atoms with Gasteiger partial charge in [-0.2, -0.15) is 11.8 Å². The maximum atomic E-state index is 5.96. The fourth-order valence-corrected chi connectivity index (χ4v) is 2.57. The van der Waals surface area contributed by atoms with Crippen LogP contribution in [-0.2, 0) is 0 Å². The molecule has 1 fully saturated rings. The second-order valence-electron chi connectivity index (χ2n) is 2.22. The van der Waals surface area contributed by atoms with E-state index in [9.17, 15) is 0 Å². The molecule has 0 radical (unpaired) electrons. The molecule has 0 aromatic heterocycles. The van der Waals surface area contributed by atoms with E-state index < -0.39 is 0 Å². The SMILES string of the molecule is CS[C@@H]1CCC[C@@H]1Cl. The highest BCUT2D eigenvalue weighted by Gasteiger charge is 2.23. The Morgan fingerprint density at radius 2 is 2.25 bits per heavy atom. The molecule has 0 aromatic rings. The first-order valence-electron chi connectivity index (χ1n) is 3.01. The molecular weight excluding hydrogens is 140 g/mol. The molecule has 0 aliphatic heterocycles. The maximum Gasteiger partial charge on any atom is 0.0454 e. The highest BCUT2D eigenvalue weighted by Crippen LogP contribution is 2.31. The second-order valence-corrected chi connectivity index (χ2v) is 3.86. The first-order chi connectivity index (χ1) is 3.84. The van der Waals surface area contributed by atoms with Crippen LogP contribution >= 0.6 is 23.4 Å². The number of alkyl halides is 1. The minimum atomic E-state index is 0.463. The predicted octanol–water partition coefficient (Wildman–Crippen LogP) is 2.51. The molecule has 48 valence electrons. The molecule has 0 heterocycles. The molecule has 0 nitrogen and oxygen atoms in total. The lowest BCUT2D eigenvalue weighted by molar-refractivity contribution is 0.888. The van der Waals surface area contributed by atoms with E-state index in [4.69, 9.17) is 11.6 Å². The van der Waals surface area contributed by atoms with E-state index in [2.05, 4.69) is 6.26 Å². The number of hydrogen-bond acceptors (Lipinski definition) is 1. The highest BCUT2D eigenvalue weighted by molar-refractivity contribution is 7.99. The van der Waals surface area contributed by atoms with E-state index in [0.29, 0.717) is 5.38 Å². The number of hydrogen-bond donors (Lipinski definition) is 0. The predicted molar refractivity (Wildman–Crippen MR) is 40.8 cm³/mol. The zero-order chi connectivity index (χ0) is 5.98. The van der Waals surface area contributed by atoms with Crippen molar-refractivity contribution in [1.29, 1.82) is 0 Å². The molecule has 0 N–H and O–H groups in total. The number of thioether (sulfide) groups is 1. The Bertz CT molecular complexity index is 74.9. The summed E-state index contributed by atoms with van der Waals surface area (Å²) in [5, 5.41) is 1.21. The van der Waals surface area contributed by atoms with Crippen molar-refractivity contribution in [2.75, 3.05) is 6.26 Å². The van der Waals surface area contributed by atoms with Crippen LogP contribution in [-0.4, -0.2) is 16.9 Å². The van der Waals surface area contributed by atoms with Crippen LogP contribution in [0.25, 0.3) is 0 Å². The van der Waals surface area contributed by atoms with Crippen LogP contribution in [0.1, 0.15) is 19.3 Å². The van der Waals surface area contributed by atoms with Crippen LogP contribution in [0.3, 0.4) is 0 Å². The van der Waals surface area contributed by atoms with Crippen LogP contribution in [0, 0.1) is 0 Å². The average Bonchev–Trinajstić information content (AvgIpc) is 2.14. The summed E-state index contributed by atoms with van der Waals surface area (Å²) in [6.07, 6.45) is 6.04.